The molecule has 1 N–H and O–H groups in total. The van der Waals surface area contributed by atoms with Gasteiger partial charge in [-0.3, -0.25) is 9.69 Å². The van der Waals surface area contributed by atoms with Gasteiger partial charge in [0.15, 0.2) is 0 Å². The third-order valence-electron chi connectivity index (χ3n) is 7.48. The lowest BCUT2D eigenvalue weighted by Gasteiger charge is -2.36. The lowest BCUT2D eigenvalue weighted by molar-refractivity contribution is -0.0221. The van der Waals surface area contributed by atoms with Crippen molar-refractivity contribution >= 4 is 11.7 Å². The minimum atomic E-state index is -2.58. The highest BCUT2D eigenvalue weighted by molar-refractivity contribution is 5.94. The van der Waals surface area contributed by atoms with Gasteiger partial charge in [-0.1, -0.05) is 24.6 Å². The number of carbonyl (C=O) groups is 1. The van der Waals surface area contributed by atoms with E-state index in [0.717, 1.165) is 37.5 Å². The zero-order chi connectivity index (χ0) is 22.8. The average molecular weight is 455 g/mol. The minimum absolute atomic E-state index is 0.156. The molecule has 2 aliphatic heterocycles. The summed E-state index contributed by atoms with van der Waals surface area (Å²) in [5.41, 5.74) is 4.42. The zero-order valence-corrected chi connectivity index (χ0v) is 19.0. The molecule has 5 rings (SSSR count). The first kappa shape index (κ1) is 22.3. The lowest BCUT2D eigenvalue weighted by atomic mass is 9.91. The maximum absolute atomic E-state index is 13.4. The minimum Gasteiger partial charge on any atom is -0.356 e. The molecule has 1 saturated carbocycles. The molecular weight excluding hydrogens is 422 g/mol. The largest absolute Gasteiger partial charge is 0.356 e. The van der Waals surface area contributed by atoms with E-state index in [-0.39, 0.29) is 31.8 Å². The number of nitrogens with one attached hydrogen (secondary N) is 1. The summed E-state index contributed by atoms with van der Waals surface area (Å²) in [7, 11) is 0. The van der Waals surface area contributed by atoms with Crippen LogP contribution in [0.2, 0.25) is 0 Å². The van der Waals surface area contributed by atoms with E-state index in [2.05, 4.69) is 33.4 Å². The predicted octanol–water partition coefficient (Wildman–Crippen LogP) is 4.20. The summed E-state index contributed by atoms with van der Waals surface area (Å²) >= 11 is 0. The number of hydrogen-bond acceptors (Lipinski definition) is 4. The van der Waals surface area contributed by atoms with Crippen molar-refractivity contribution in [2.75, 3.05) is 31.1 Å². The molecule has 1 aliphatic carbocycles. The second-order valence-corrected chi connectivity index (χ2v) is 9.65. The number of halogens is 2. The molecule has 176 valence electrons. The molecule has 0 atom stereocenters. The molecule has 0 unspecified atom stereocenters. The van der Waals surface area contributed by atoms with Crippen molar-refractivity contribution in [3.05, 3.63) is 58.8 Å². The van der Waals surface area contributed by atoms with Crippen LogP contribution in [0.4, 0.5) is 14.6 Å². The molecule has 1 saturated heterocycles. The molecule has 33 heavy (non-hydrogen) atoms. The highest BCUT2D eigenvalue weighted by atomic mass is 19.3. The number of fused-ring (bicyclic) bond motifs is 1. The van der Waals surface area contributed by atoms with Crippen LogP contribution in [0.5, 0.6) is 0 Å². The third kappa shape index (κ3) is 5.18. The Labute approximate surface area is 194 Å². The maximum Gasteiger partial charge on any atom is 0.253 e. The number of hydrogen-bond donors (Lipinski definition) is 1. The van der Waals surface area contributed by atoms with Crippen LogP contribution in [0.1, 0.15) is 59.2 Å². The Balaban J connectivity index is 1.15. The van der Waals surface area contributed by atoms with Crippen LogP contribution in [0.25, 0.3) is 0 Å². The van der Waals surface area contributed by atoms with E-state index >= 15 is 0 Å². The third-order valence-corrected chi connectivity index (χ3v) is 7.48. The summed E-state index contributed by atoms with van der Waals surface area (Å²) in [4.78, 5) is 21.5. The Morgan fingerprint density at radius 2 is 1.79 bits per heavy atom. The average Bonchev–Trinajstić information content (AvgIpc) is 2.99. The summed E-state index contributed by atoms with van der Waals surface area (Å²) in [6, 6.07) is 10.8. The van der Waals surface area contributed by atoms with Gasteiger partial charge in [-0.15, -0.1) is 0 Å². The van der Waals surface area contributed by atoms with E-state index in [4.69, 9.17) is 0 Å². The van der Waals surface area contributed by atoms with Crippen LogP contribution in [0, 0.1) is 0 Å². The van der Waals surface area contributed by atoms with E-state index in [9.17, 15) is 13.6 Å². The SMILES string of the molecule is O=C(NCc1ccc2c(c1)CCN(C1CCC1)CC2)c1ccc(N2CCC(F)(F)CC2)nc1. The van der Waals surface area contributed by atoms with Crippen molar-refractivity contribution in [1.82, 2.24) is 15.2 Å². The molecule has 1 aromatic carbocycles. The van der Waals surface area contributed by atoms with Gasteiger partial charge in [0.2, 0.25) is 0 Å². The highest BCUT2D eigenvalue weighted by Gasteiger charge is 2.34. The smallest absolute Gasteiger partial charge is 0.253 e. The van der Waals surface area contributed by atoms with Crippen molar-refractivity contribution in [2.45, 2.75) is 63.5 Å². The van der Waals surface area contributed by atoms with Crippen LogP contribution in [-0.4, -0.2) is 53.9 Å². The van der Waals surface area contributed by atoms with Crippen LogP contribution in [-0.2, 0) is 19.4 Å². The first-order valence-corrected chi connectivity index (χ1v) is 12.2. The van der Waals surface area contributed by atoms with Crippen molar-refractivity contribution in [2.24, 2.45) is 0 Å². The normalized spacial score (nSPS) is 21.1. The topological polar surface area (TPSA) is 48.5 Å². The van der Waals surface area contributed by atoms with Crippen molar-refractivity contribution in [3.8, 4) is 0 Å². The Bertz CT molecular complexity index is 980. The van der Waals surface area contributed by atoms with Crippen LogP contribution < -0.4 is 10.2 Å². The summed E-state index contributed by atoms with van der Waals surface area (Å²) in [5.74, 6) is -2.11. The number of alkyl halides is 2. The van der Waals surface area contributed by atoms with Gasteiger partial charge >= 0.3 is 0 Å². The molecule has 2 aromatic rings. The number of anilines is 1. The molecular formula is C26H32F2N4O. The lowest BCUT2D eigenvalue weighted by Crippen LogP contribution is -2.41. The maximum atomic E-state index is 13.4. The van der Waals surface area contributed by atoms with E-state index < -0.39 is 5.92 Å². The number of carbonyl (C=O) groups excluding carboxylic acids is 1. The summed E-state index contributed by atoms with van der Waals surface area (Å²) < 4.78 is 26.7. The Morgan fingerprint density at radius 3 is 2.45 bits per heavy atom. The van der Waals surface area contributed by atoms with Gasteiger partial charge in [0, 0.05) is 57.8 Å². The number of amides is 1. The molecule has 2 fully saturated rings. The first-order chi connectivity index (χ1) is 16.0. The van der Waals surface area contributed by atoms with Gasteiger partial charge in [-0.05, 0) is 54.5 Å². The Morgan fingerprint density at radius 1 is 1.03 bits per heavy atom. The Kier molecular flexibility index (Phi) is 6.32. The van der Waals surface area contributed by atoms with Crippen LogP contribution in [0.3, 0.4) is 0 Å². The fourth-order valence-electron chi connectivity index (χ4n) is 5.08. The van der Waals surface area contributed by atoms with E-state index in [1.807, 2.05) is 4.90 Å². The standard InChI is InChI=1S/C26H32F2N4O/c27-26(28)10-14-32(15-11-26)24-7-6-22(18-29-24)25(33)30-17-19-4-5-20-8-12-31(23-2-1-3-23)13-9-21(20)16-19/h4-7,16,18,23H,1-3,8-15,17H2,(H,30,33). The molecule has 5 nitrogen and oxygen atoms in total. The van der Waals surface area contributed by atoms with Crippen molar-refractivity contribution < 1.29 is 13.6 Å². The van der Waals surface area contributed by atoms with Crippen molar-refractivity contribution in [3.63, 3.8) is 0 Å². The van der Waals surface area contributed by atoms with Crippen LogP contribution in [0.15, 0.2) is 36.5 Å². The number of benzene rings is 1. The van der Waals surface area contributed by atoms with E-state index in [1.165, 1.54) is 36.6 Å². The molecule has 7 heteroatoms. The first-order valence-electron chi connectivity index (χ1n) is 12.2. The summed E-state index contributed by atoms with van der Waals surface area (Å²) in [6.07, 6.45) is 7.45. The van der Waals surface area contributed by atoms with Crippen molar-refractivity contribution in [1.29, 1.82) is 0 Å². The van der Waals surface area contributed by atoms with Gasteiger partial charge in [-0.25, -0.2) is 13.8 Å². The Hall–Kier alpha value is -2.54. The number of rotatable bonds is 5. The fourth-order valence-corrected chi connectivity index (χ4v) is 5.08. The molecule has 3 aliphatic rings. The second-order valence-electron chi connectivity index (χ2n) is 9.65. The van der Waals surface area contributed by atoms with Gasteiger partial charge in [0.25, 0.3) is 11.8 Å². The fraction of sp³-hybridized carbons (Fsp3) is 0.538. The zero-order valence-electron chi connectivity index (χ0n) is 19.0. The highest BCUT2D eigenvalue weighted by Crippen LogP contribution is 2.30. The van der Waals surface area contributed by atoms with E-state index in [1.54, 1.807) is 12.1 Å². The molecule has 0 bridgehead atoms. The number of piperidine rings is 1. The molecule has 0 radical (unpaired) electrons. The molecule has 0 spiro atoms. The summed E-state index contributed by atoms with van der Waals surface area (Å²) in [5, 5.41) is 2.99. The van der Waals surface area contributed by atoms with Gasteiger partial charge < -0.3 is 10.2 Å². The number of aromatic nitrogens is 1. The number of pyridine rings is 1. The van der Waals surface area contributed by atoms with E-state index in [0.29, 0.717) is 17.9 Å². The van der Waals surface area contributed by atoms with Gasteiger partial charge in [-0.2, -0.15) is 0 Å². The monoisotopic (exact) mass is 454 g/mol. The number of nitrogens with zero attached hydrogens (tertiary/aromatic N) is 3. The quantitative estimate of drug-likeness (QED) is 0.736. The summed E-state index contributed by atoms with van der Waals surface area (Å²) in [6.45, 7) is 3.31. The molecule has 3 heterocycles. The predicted molar refractivity (Wildman–Crippen MR) is 125 cm³/mol. The van der Waals surface area contributed by atoms with Gasteiger partial charge in [0.1, 0.15) is 5.82 Å². The molecule has 1 aromatic heterocycles. The van der Waals surface area contributed by atoms with Gasteiger partial charge in [0.05, 0.1) is 5.56 Å². The van der Waals surface area contributed by atoms with Crippen LogP contribution >= 0.6 is 0 Å². The molecule has 1 amide bonds. The second kappa shape index (κ2) is 9.37.